The Labute approximate surface area is 182 Å². The van der Waals surface area contributed by atoms with E-state index in [0.29, 0.717) is 24.3 Å². The molecule has 164 valence electrons. The van der Waals surface area contributed by atoms with Crippen LogP contribution in [0.25, 0.3) is 0 Å². The van der Waals surface area contributed by atoms with Gasteiger partial charge in [0.15, 0.2) is 5.76 Å². The van der Waals surface area contributed by atoms with Gasteiger partial charge in [-0.15, -0.1) is 0 Å². The number of carbonyl (C=O) groups is 2. The molecule has 2 N–H and O–H groups in total. The molecule has 3 rings (SSSR count). The summed E-state index contributed by atoms with van der Waals surface area (Å²) in [5.41, 5.74) is 1.84. The number of benzene rings is 1. The van der Waals surface area contributed by atoms with Gasteiger partial charge in [0.05, 0.1) is 30.3 Å². The van der Waals surface area contributed by atoms with Gasteiger partial charge in [-0.1, -0.05) is 20.3 Å². The average Bonchev–Trinajstić information content (AvgIpc) is 3.49. The first kappa shape index (κ1) is 22.2. The van der Waals surface area contributed by atoms with Crippen LogP contribution in [0.15, 0.2) is 63.8 Å². The van der Waals surface area contributed by atoms with Crippen LogP contribution < -0.4 is 15.5 Å². The van der Waals surface area contributed by atoms with Crippen molar-refractivity contribution in [1.82, 2.24) is 5.32 Å². The Bertz CT molecular complexity index is 965. The summed E-state index contributed by atoms with van der Waals surface area (Å²) in [5, 5.41) is 5.75. The van der Waals surface area contributed by atoms with Gasteiger partial charge in [0.2, 0.25) is 0 Å². The number of nitrogens with one attached hydrogen (secondary N) is 2. The highest BCUT2D eigenvalue weighted by atomic mass is 16.3. The topological polar surface area (TPSA) is 87.7 Å². The number of rotatable bonds is 11. The molecule has 0 unspecified atom stereocenters. The Morgan fingerprint density at radius 1 is 0.968 bits per heavy atom. The van der Waals surface area contributed by atoms with E-state index in [-0.39, 0.29) is 17.6 Å². The first-order valence-corrected chi connectivity index (χ1v) is 10.7. The molecule has 31 heavy (non-hydrogen) atoms. The number of furan rings is 2. The largest absolute Gasteiger partial charge is 0.467 e. The van der Waals surface area contributed by atoms with E-state index >= 15 is 0 Å². The molecule has 0 aliphatic heterocycles. The quantitative estimate of drug-likeness (QED) is 0.449. The van der Waals surface area contributed by atoms with Crippen molar-refractivity contribution in [2.45, 2.75) is 39.7 Å². The summed E-state index contributed by atoms with van der Waals surface area (Å²) in [5.74, 6) is 0.498. The summed E-state index contributed by atoms with van der Waals surface area (Å²) < 4.78 is 10.7. The molecule has 0 saturated carbocycles. The van der Waals surface area contributed by atoms with Gasteiger partial charge in [-0.3, -0.25) is 9.59 Å². The van der Waals surface area contributed by atoms with Gasteiger partial charge in [0, 0.05) is 18.8 Å². The Morgan fingerprint density at radius 3 is 2.45 bits per heavy atom. The molecule has 2 aromatic heterocycles. The molecule has 7 nitrogen and oxygen atoms in total. The normalized spacial score (nSPS) is 10.6. The molecule has 2 amide bonds. The molecule has 0 saturated heterocycles. The minimum Gasteiger partial charge on any atom is -0.467 e. The lowest BCUT2D eigenvalue weighted by atomic mass is 10.1. The molecule has 0 aliphatic carbocycles. The molecule has 0 bridgehead atoms. The van der Waals surface area contributed by atoms with Crippen molar-refractivity contribution in [3.05, 3.63) is 72.1 Å². The molecule has 0 atom stereocenters. The molecule has 7 heteroatoms. The summed E-state index contributed by atoms with van der Waals surface area (Å²) in [6, 6.07) is 12.4. The minimum atomic E-state index is -0.365. The number of hydrogen-bond donors (Lipinski definition) is 2. The maximum absolute atomic E-state index is 13.0. The second-order valence-electron chi connectivity index (χ2n) is 7.27. The summed E-state index contributed by atoms with van der Waals surface area (Å²) in [6.45, 7) is 6.05. The number of amides is 2. The van der Waals surface area contributed by atoms with Crippen molar-refractivity contribution in [3.8, 4) is 0 Å². The van der Waals surface area contributed by atoms with Crippen LogP contribution in [0.2, 0.25) is 0 Å². The third-order valence-electron chi connectivity index (χ3n) is 4.83. The highest BCUT2D eigenvalue weighted by Gasteiger charge is 2.19. The lowest BCUT2D eigenvalue weighted by Gasteiger charge is -2.26. The Balaban J connectivity index is 1.91. The van der Waals surface area contributed by atoms with E-state index in [0.717, 1.165) is 37.3 Å². The number of nitrogens with zero attached hydrogens (tertiary/aromatic N) is 1. The predicted octanol–water partition coefficient (Wildman–Crippen LogP) is 5.07. The van der Waals surface area contributed by atoms with Gasteiger partial charge in [-0.05, 0) is 55.3 Å². The van der Waals surface area contributed by atoms with Crippen molar-refractivity contribution in [1.29, 1.82) is 0 Å². The molecular formula is C24H29N3O4. The summed E-state index contributed by atoms with van der Waals surface area (Å²) in [4.78, 5) is 27.5. The van der Waals surface area contributed by atoms with Gasteiger partial charge in [0.25, 0.3) is 11.8 Å². The fraction of sp³-hybridized carbons (Fsp3) is 0.333. The molecule has 1 aromatic carbocycles. The van der Waals surface area contributed by atoms with Crippen LogP contribution in [0.5, 0.6) is 0 Å². The first-order valence-electron chi connectivity index (χ1n) is 10.7. The maximum Gasteiger partial charge on any atom is 0.291 e. The third kappa shape index (κ3) is 6.01. The fourth-order valence-corrected chi connectivity index (χ4v) is 3.23. The molecule has 0 spiro atoms. The Morgan fingerprint density at radius 2 is 1.77 bits per heavy atom. The van der Waals surface area contributed by atoms with Crippen molar-refractivity contribution < 1.29 is 18.4 Å². The Hall–Kier alpha value is -3.48. The van der Waals surface area contributed by atoms with Crippen molar-refractivity contribution >= 4 is 23.2 Å². The molecular weight excluding hydrogens is 394 g/mol. The smallest absolute Gasteiger partial charge is 0.291 e. The lowest BCUT2D eigenvalue weighted by Crippen LogP contribution is -2.30. The van der Waals surface area contributed by atoms with Gasteiger partial charge >= 0.3 is 0 Å². The SMILES string of the molecule is CCCCN(Cc1ccco1)c1ccc(NC(=O)c2ccco2)cc1C(=O)NCCC. The maximum atomic E-state index is 13.0. The monoisotopic (exact) mass is 423 g/mol. The first-order chi connectivity index (χ1) is 15.1. The van der Waals surface area contributed by atoms with Crippen LogP contribution in [-0.2, 0) is 6.54 Å². The van der Waals surface area contributed by atoms with E-state index in [2.05, 4.69) is 22.5 Å². The molecule has 0 aliphatic rings. The van der Waals surface area contributed by atoms with Crippen molar-refractivity contribution in [3.63, 3.8) is 0 Å². The zero-order valence-electron chi connectivity index (χ0n) is 18.0. The number of unbranched alkanes of at least 4 members (excludes halogenated alkanes) is 1. The standard InChI is InChI=1S/C24H29N3O4/c1-3-5-13-27(17-19-8-6-14-30-19)21-11-10-18(16-20(21)23(28)25-12-4-2)26-24(29)22-9-7-15-31-22/h6-11,14-16H,3-5,12-13,17H2,1-2H3,(H,25,28)(H,26,29). The Kier molecular flexibility index (Phi) is 7.92. The van der Waals surface area contributed by atoms with Crippen molar-refractivity contribution in [2.75, 3.05) is 23.3 Å². The molecule has 2 heterocycles. The van der Waals surface area contributed by atoms with Gasteiger partial charge in [0.1, 0.15) is 5.76 Å². The number of anilines is 2. The van der Waals surface area contributed by atoms with E-state index in [9.17, 15) is 9.59 Å². The molecule has 3 aromatic rings. The molecule has 0 radical (unpaired) electrons. The van der Waals surface area contributed by atoms with Crippen molar-refractivity contribution in [2.24, 2.45) is 0 Å². The second kappa shape index (κ2) is 11.1. The van der Waals surface area contributed by atoms with Crippen LogP contribution in [-0.4, -0.2) is 24.9 Å². The zero-order valence-corrected chi connectivity index (χ0v) is 18.0. The van der Waals surface area contributed by atoms with E-state index in [4.69, 9.17) is 8.83 Å². The van der Waals surface area contributed by atoms with Gasteiger partial charge in [-0.25, -0.2) is 0 Å². The second-order valence-corrected chi connectivity index (χ2v) is 7.27. The van der Waals surface area contributed by atoms with Crippen LogP contribution in [0, 0.1) is 0 Å². The highest BCUT2D eigenvalue weighted by molar-refractivity contribution is 6.05. The van der Waals surface area contributed by atoms with Crippen LogP contribution >= 0.6 is 0 Å². The summed E-state index contributed by atoms with van der Waals surface area (Å²) in [7, 11) is 0. The molecule has 0 fully saturated rings. The number of carbonyl (C=O) groups excluding carboxylic acids is 2. The minimum absolute atomic E-state index is 0.174. The summed E-state index contributed by atoms with van der Waals surface area (Å²) in [6.07, 6.45) is 5.94. The van der Waals surface area contributed by atoms with Gasteiger partial charge < -0.3 is 24.4 Å². The zero-order chi connectivity index (χ0) is 22.1. The predicted molar refractivity (Wildman–Crippen MR) is 120 cm³/mol. The third-order valence-corrected chi connectivity index (χ3v) is 4.83. The van der Waals surface area contributed by atoms with Gasteiger partial charge in [-0.2, -0.15) is 0 Å². The summed E-state index contributed by atoms with van der Waals surface area (Å²) >= 11 is 0. The fourth-order valence-electron chi connectivity index (χ4n) is 3.23. The average molecular weight is 424 g/mol. The highest BCUT2D eigenvalue weighted by Crippen LogP contribution is 2.27. The van der Waals surface area contributed by atoms with E-state index in [1.807, 2.05) is 25.1 Å². The van der Waals surface area contributed by atoms with E-state index in [1.54, 1.807) is 30.5 Å². The van der Waals surface area contributed by atoms with Crippen LogP contribution in [0.3, 0.4) is 0 Å². The number of hydrogen-bond acceptors (Lipinski definition) is 5. The lowest BCUT2D eigenvalue weighted by molar-refractivity contribution is 0.0952. The van der Waals surface area contributed by atoms with Crippen LogP contribution in [0.1, 0.15) is 59.8 Å². The van der Waals surface area contributed by atoms with Crippen LogP contribution in [0.4, 0.5) is 11.4 Å². The van der Waals surface area contributed by atoms with E-state index < -0.39 is 0 Å². The van der Waals surface area contributed by atoms with E-state index in [1.165, 1.54) is 6.26 Å².